The maximum atomic E-state index is 9.95. The molecule has 1 aliphatic rings. The molecule has 0 bridgehead atoms. The van der Waals surface area contributed by atoms with E-state index in [1.807, 2.05) is 17.8 Å². The standard InChI is InChI=1S/C15H22OS/c16-14(12-17-15-8-4-5-9-15)11-10-13-6-2-1-3-7-13/h1-3,6-7,14-16H,4-5,8-12H2. The van der Waals surface area contributed by atoms with E-state index in [0.717, 1.165) is 23.8 Å². The Balaban J connectivity index is 1.62. The quantitative estimate of drug-likeness (QED) is 0.831. The third-order valence-corrected chi connectivity index (χ3v) is 4.96. The molecule has 0 amide bonds. The van der Waals surface area contributed by atoms with Crippen LogP contribution >= 0.6 is 11.8 Å². The first-order valence-electron chi connectivity index (χ1n) is 6.68. The van der Waals surface area contributed by atoms with Gasteiger partial charge in [-0.05, 0) is 31.2 Å². The van der Waals surface area contributed by atoms with Crippen LogP contribution in [-0.2, 0) is 6.42 Å². The van der Waals surface area contributed by atoms with Gasteiger partial charge in [-0.15, -0.1) is 0 Å². The minimum Gasteiger partial charge on any atom is -0.392 e. The molecule has 0 radical (unpaired) electrons. The summed E-state index contributed by atoms with van der Waals surface area (Å²) < 4.78 is 0. The average molecular weight is 250 g/mol. The Labute approximate surface area is 109 Å². The summed E-state index contributed by atoms with van der Waals surface area (Å²) in [6, 6.07) is 10.4. The van der Waals surface area contributed by atoms with Gasteiger partial charge in [0.15, 0.2) is 0 Å². The van der Waals surface area contributed by atoms with E-state index in [-0.39, 0.29) is 6.10 Å². The Bertz CT molecular complexity index is 306. The molecule has 1 aromatic carbocycles. The molecule has 1 aliphatic carbocycles. The number of hydrogen-bond donors (Lipinski definition) is 1. The van der Waals surface area contributed by atoms with Gasteiger partial charge in [0.1, 0.15) is 0 Å². The fraction of sp³-hybridized carbons (Fsp3) is 0.600. The molecule has 0 saturated heterocycles. The molecule has 2 heteroatoms. The molecule has 1 fully saturated rings. The maximum Gasteiger partial charge on any atom is 0.0633 e. The van der Waals surface area contributed by atoms with Crippen LogP contribution in [0, 0.1) is 0 Å². The highest BCUT2D eigenvalue weighted by Crippen LogP contribution is 2.30. The molecule has 0 aromatic heterocycles. The second kappa shape index (κ2) is 7.07. The number of rotatable bonds is 6. The van der Waals surface area contributed by atoms with Gasteiger partial charge >= 0.3 is 0 Å². The molecule has 0 aliphatic heterocycles. The Morgan fingerprint density at radius 2 is 1.88 bits per heavy atom. The molecular weight excluding hydrogens is 228 g/mol. The van der Waals surface area contributed by atoms with Crippen molar-refractivity contribution in [3.63, 3.8) is 0 Å². The third kappa shape index (κ3) is 4.72. The first kappa shape index (κ1) is 13.0. The van der Waals surface area contributed by atoms with Crippen molar-refractivity contribution in [3.05, 3.63) is 35.9 Å². The van der Waals surface area contributed by atoms with Crippen LogP contribution in [0.5, 0.6) is 0 Å². The van der Waals surface area contributed by atoms with Crippen molar-refractivity contribution in [3.8, 4) is 0 Å². The molecule has 0 spiro atoms. The highest BCUT2D eigenvalue weighted by molar-refractivity contribution is 7.99. The molecule has 0 heterocycles. The Morgan fingerprint density at radius 3 is 2.59 bits per heavy atom. The molecule has 1 nitrogen and oxygen atoms in total. The van der Waals surface area contributed by atoms with Crippen LogP contribution in [0.3, 0.4) is 0 Å². The number of aryl methyl sites for hydroxylation is 1. The van der Waals surface area contributed by atoms with Gasteiger partial charge < -0.3 is 5.11 Å². The van der Waals surface area contributed by atoms with Gasteiger partial charge in [0, 0.05) is 11.0 Å². The molecule has 1 saturated carbocycles. The van der Waals surface area contributed by atoms with E-state index < -0.39 is 0 Å². The smallest absolute Gasteiger partial charge is 0.0633 e. The number of aliphatic hydroxyl groups is 1. The summed E-state index contributed by atoms with van der Waals surface area (Å²) in [6.45, 7) is 0. The molecule has 1 N–H and O–H groups in total. The monoisotopic (exact) mass is 250 g/mol. The van der Waals surface area contributed by atoms with E-state index >= 15 is 0 Å². The minimum absolute atomic E-state index is 0.138. The first-order chi connectivity index (χ1) is 8.34. The largest absolute Gasteiger partial charge is 0.392 e. The van der Waals surface area contributed by atoms with Crippen molar-refractivity contribution in [1.82, 2.24) is 0 Å². The van der Waals surface area contributed by atoms with E-state index in [1.165, 1.54) is 31.2 Å². The Morgan fingerprint density at radius 1 is 1.18 bits per heavy atom. The van der Waals surface area contributed by atoms with Crippen molar-refractivity contribution in [2.24, 2.45) is 0 Å². The lowest BCUT2D eigenvalue weighted by Gasteiger charge is -2.13. The van der Waals surface area contributed by atoms with Gasteiger partial charge in [0.25, 0.3) is 0 Å². The van der Waals surface area contributed by atoms with Crippen molar-refractivity contribution < 1.29 is 5.11 Å². The number of hydrogen-bond acceptors (Lipinski definition) is 2. The van der Waals surface area contributed by atoms with Crippen molar-refractivity contribution in [2.45, 2.75) is 49.9 Å². The Kier molecular flexibility index (Phi) is 5.40. The van der Waals surface area contributed by atoms with Crippen LogP contribution in [0.4, 0.5) is 0 Å². The van der Waals surface area contributed by atoms with Gasteiger partial charge in [-0.1, -0.05) is 43.2 Å². The zero-order valence-electron chi connectivity index (χ0n) is 10.3. The zero-order valence-corrected chi connectivity index (χ0v) is 11.2. The van der Waals surface area contributed by atoms with E-state index in [9.17, 15) is 5.11 Å². The average Bonchev–Trinajstić information content (AvgIpc) is 2.88. The second-order valence-electron chi connectivity index (χ2n) is 4.92. The normalized spacial score (nSPS) is 18.4. The number of benzene rings is 1. The van der Waals surface area contributed by atoms with Crippen molar-refractivity contribution in [2.75, 3.05) is 5.75 Å². The van der Waals surface area contributed by atoms with Gasteiger partial charge in [0.05, 0.1) is 6.10 Å². The SMILES string of the molecule is OC(CCc1ccccc1)CSC1CCCC1. The summed E-state index contributed by atoms with van der Waals surface area (Å²) in [4.78, 5) is 0. The lowest BCUT2D eigenvalue weighted by molar-refractivity contribution is 0.189. The summed E-state index contributed by atoms with van der Waals surface area (Å²) in [6.07, 6.45) is 7.24. The molecule has 17 heavy (non-hydrogen) atoms. The fourth-order valence-corrected chi connectivity index (χ4v) is 3.69. The summed E-state index contributed by atoms with van der Waals surface area (Å²) in [5, 5.41) is 10.8. The lowest BCUT2D eigenvalue weighted by Crippen LogP contribution is -2.13. The zero-order chi connectivity index (χ0) is 11.9. The molecule has 1 aromatic rings. The van der Waals surface area contributed by atoms with Crippen LogP contribution < -0.4 is 0 Å². The predicted octanol–water partition coefficient (Wildman–Crippen LogP) is 3.66. The molecule has 94 valence electrons. The van der Waals surface area contributed by atoms with Gasteiger partial charge in [-0.25, -0.2) is 0 Å². The van der Waals surface area contributed by atoms with Gasteiger partial charge in [-0.2, -0.15) is 11.8 Å². The summed E-state index contributed by atoms with van der Waals surface area (Å²) >= 11 is 1.98. The highest BCUT2D eigenvalue weighted by atomic mass is 32.2. The lowest BCUT2D eigenvalue weighted by atomic mass is 10.1. The van der Waals surface area contributed by atoms with Crippen LogP contribution in [-0.4, -0.2) is 22.2 Å². The number of aliphatic hydroxyl groups excluding tert-OH is 1. The van der Waals surface area contributed by atoms with Crippen LogP contribution in [0.25, 0.3) is 0 Å². The topological polar surface area (TPSA) is 20.2 Å². The molecule has 2 rings (SSSR count). The summed E-state index contributed by atoms with van der Waals surface area (Å²) in [7, 11) is 0. The summed E-state index contributed by atoms with van der Waals surface area (Å²) in [5.74, 6) is 0.914. The Hall–Kier alpha value is -0.470. The third-order valence-electron chi connectivity index (χ3n) is 3.44. The summed E-state index contributed by atoms with van der Waals surface area (Å²) in [5.41, 5.74) is 1.33. The number of thioether (sulfide) groups is 1. The second-order valence-corrected chi connectivity index (χ2v) is 6.25. The van der Waals surface area contributed by atoms with Gasteiger partial charge in [0.2, 0.25) is 0 Å². The minimum atomic E-state index is -0.138. The van der Waals surface area contributed by atoms with Gasteiger partial charge in [-0.3, -0.25) is 0 Å². The molecule has 1 unspecified atom stereocenters. The van der Waals surface area contributed by atoms with E-state index in [1.54, 1.807) is 0 Å². The van der Waals surface area contributed by atoms with Crippen LogP contribution in [0.2, 0.25) is 0 Å². The molecular formula is C15H22OS. The van der Waals surface area contributed by atoms with E-state index in [4.69, 9.17) is 0 Å². The molecule has 1 atom stereocenters. The van der Waals surface area contributed by atoms with Crippen LogP contribution in [0.15, 0.2) is 30.3 Å². The predicted molar refractivity (Wildman–Crippen MR) is 75.5 cm³/mol. The van der Waals surface area contributed by atoms with Crippen molar-refractivity contribution >= 4 is 11.8 Å². The van der Waals surface area contributed by atoms with Crippen LogP contribution in [0.1, 0.15) is 37.7 Å². The van der Waals surface area contributed by atoms with E-state index in [2.05, 4.69) is 24.3 Å². The fourth-order valence-electron chi connectivity index (χ4n) is 2.36. The van der Waals surface area contributed by atoms with Crippen molar-refractivity contribution in [1.29, 1.82) is 0 Å². The first-order valence-corrected chi connectivity index (χ1v) is 7.73. The maximum absolute atomic E-state index is 9.95. The van der Waals surface area contributed by atoms with E-state index in [0.29, 0.717) is 0 Å². The highest BCUT2D eigenvalue weighted by Gasteiger charge is 2.16.